The van der Waals surface area contributed by atoms with Gasteiger partial charge in [0.05, 0.1) is 5.41 Å². The van der Waals surface area contributed by atoms with Crippen LogP contribution < -0.4 is 0 Å². The average Bonchev–Trinajstić information content (AvgIpc) is 3.36. The van der Waals surface area contributed by atoms with Gasteiger partial charge in [-0.15, -0.1) is 0 Å². The molecule has 0 N–H and O–H groups in total. The van der Waals surface area contributed by atoms with Crippen molar-refractivity contribution in [2.45, 2.75) is 5.41 Å². The molecule has 6 aromatic carbocycles. The molecule has 6 aromatic rings. The van der Waals surface area contributed by atoms with Crippen LogP contribution in [0, 0.1) is 0 Å². The summed E-state index contributed by atoms with van der Waals surface area (Å²) in [5.74, 6) is 0. The number of benzene rings is 6. The van der Waals surface area contributed by atoms with Crippen molar-refractivity contribution in [2.24, 2.45) is 0 Å². The van der Waals surface area contributed by atoms with Crippen LogP contribution in [-0.2, 0) is 5.41 Å². The van der Waals surface area contributed by atoms with Crippen molar-refractivity contribution in [3.63, 3.8) is 0 Å². The summed E-state index contributed by atoms with van der Waals surface area (Å²) < 4.78 is 2.22. The predicted molar refractivity (Wildman–Crippen MR) is 153 cm³/mol. The first-order valence-corrected chi connectivity index (χ1v) is 13.4. The highest BCUT2D eigenvalue weighted by molar-refractivity contribution is 9.10. The quantitative estimate of drug-likeness (QED) is 0.158. The molecule has 0 bridgehead atoms. The summed E-state index contributed by atoms with van der Waals surface area (Å²) >= 11 is 7.58. The normalized spacial score (nSPS) is 14.2. The summed E-state index contributed by atoms with van der Waals surface area (Å²) in [4.78, 5) is 0. The number of fused-ring (bicyclic) bond motifs is 15. The summed E-state index contributed by atoms with van der Waals surface area (Å²) in [6.45, 7) is 0. The average molecular weight is 574 g/mol. The van der Waals surface area contributed by atoms with Crippen molar-refractivity contribution in [2.75, 3.05) is 0 Å². The minimum Gasteiger partial charge on any atom is -0.0619 e. The molecule has 0 saturated heterocycles. The van der Waals surface area contributed by atoms with Gasteiger partial charge in [-0.05, 0) is 90.3 Å². The zero-order valence-electron chi connectivity index (χ0n) is 18.6. The summed E-state index contributed by atoms with van der Waals surface area (Å²) in [5, 5.41) is 5.23. The van der Waals surface area contributed by atoms with Crippen molar-refractivity contribution in [3.05, 3.63) is 140 Å². The molecular weight excluding hydrogens is 556 g/mol. The number of halogens is 2. The van der Waals surface area contributed by atoms with Crippen LogP contribution in [0.15, 0.2) is 118 Å². The Hall–Kier alpha value is -3.20. The topological polar surface area (TPSA) is 0 Å². The van der Waals surface area contributed by atoms with Crippen molar-refractivity contribution < 1.29 is 0 Å². The molecule has 0 nitrogen and oxygen atoms in total. The van der Waals surface area contributed by atoms with Crippen molar-refractivity contribution in [3.8, 4) is 22.3 Å². The van der Waals surface area contributed by atoms with Crippen LogP contribution in [0.2, 0.25) is 0 Å². The molecule has 0 aliphatic heterocycles. The molecule has 0 heterocycles. The maximum atomic E-state index is 3.82. The summed E-state index contributed by atoms with van der Waals surface area (Å²) in [6, 6.07) is 40.5. The third-order valence-electron chi connectivity index (χ3n) is 7.97. The Balaban J connectivity index is 1.72. The fourth-order valence-electron chi connectivity index (χ4n) is 6.81. The smallest absolute Gasteiger partial charge is 0.0619 e. The Labute approximate surface area is 220 Å². The molecule has 2 heteroatoms. The van der Waals surface area contributed by atoms with Crippen LogP contribution in [0.5, 0.6) is 0 Å². The maximum Gasteiger partial charge on any atom is 0.0732 e. The molecule has 164 valence electrons. The molecule has 0 atom stereocenters. The Morgan fingerprint density at radius 3 is 1.77 bits per heavy atom. The third-order valence-corrected chi connectivity index (χ3v) is 8.96. The van der Waals surface area contributed by atoms with E-state index < -0.39 is 0 Å². The van der Waals surface area contributed by atoms with Gasteiger partial charge in [0.15, 0.2) is 0 Å². The largest absolute Gasteiger partial charge is 0.0732 e. The van der Waals surface area contributed by atoms with Crippen LogP contribution in [0.4, 0.5) is 0 Å². The summed E-state index contributed by atoms with van der Waals surface area (Å²) in [7, 11) is 0. The zero-order chi connectivity index (χ0) is 23.3. The lowest BCUT2D eigenvalue weighted by Gasteiger charge is -2.32. The lowest BCUT2D eigenvalue weighted by atomic mass is 9.69. The van der Waals surface area contributed by atoms with E-state index in [1.807, 2.05) is 0 Å². The highest BCUT2D eigenvalue weighted by Crippen LogP contribution is 2.65. The van der Waals surface area contributed by atoms with Crippen LogP contribution in [0.25, 0.3) is 43.8 Å². The van der Waals surface area contributed by atoms with Gasteiger partial charge < -0.3 is 0 Å². The highest BCUT2D eigenvalue weighted by atomic mass is 79.9. The molecule has 0 aromatic heterocycles. The molecule has 0 unspecified atom stereocenters. The first kappa shape index (κ1) is 20.0. The molecule has 0 amide bonds. The van der Waals surface area contributed by atoms with E-state index in [4.69, 9.17) is 0 Å². The van der Waals surface area contributed by atoms with E-state index in [-0.39, 0.29) is 5.41 Å². The Kier molecular flexibility index (Phi) is 3.97. The second kappa shape index (κ2) is 6.94. The zero-order valence-corrected chi connectivity index (χ0v) is 21.8. The van der Waals surface area contributed by atoms with Gasteiger partial charge in [0.25, 0.3) is 0 Å². The minimum absolute atomic E-state index is 0.363. The van der Waals surface area contributed by atoms with Crippen LogP contribution >= 0.6 is 31.9 Å². The standard InChI is InChI=1S/C33H18Br2/c34-19-13-15-25-27(17-19)21-7-1-2-10-24(21)31-26-16-14-20(35)18-30(26)33(32(25)31)28-11-5-3-8-22(28)23-9-4-6-12-29(23)33/h1-18H. The van der Waals surface area contributed by atoms with E-state index in [2.05, 4.69) is 141 Å². The number of rotatable bonds is 0. The monoisotopic (exact) mass is 572 g/mol. The van der Waals surface area contributed by atoms with Gasteiger partial charge >= 0.3 is 0 Å². The lowest BCUT2D eigenvalue weighted by molar-refractivity contribution is 0.801. The van der Waals surface area contributed by atoms with Crippen molar-refractivity contribution in [1.82, 2.24) is 0 Å². The van der Waals surface area contributed by atoms with Crippen molar-refractivity contribution >= 4 is 53.4 Å². The third kappa shape index (κ3) is 2.37. The van der Waals surface area contributed by atoms with Crippen molar-refractivity contribution in [1.29, 1.82) is 0 Å². The van der Waals surface area contributed by atoms with E-state index in [0.717, 1.165) is 8.95 Å². The van der Waals surface area contributed by atoms with E-state index in [1.54, 1.807) is 0 Å². The predicted octanol–water partition coefficient (Wildman–Crippen LogP) is 9.86. The number of hydrogen-bond acceptors (Lipinski definition) is 0. The van der Waals surface area contributed by atoms with Gasteiger partial charge in [-0.2, -0.15) is 0 Å². The molecule has 35 heavy (non-hydrogen) atoms. The van der Waals surface area contributed by atoms with E-state index in [1.165, 1.54) is 66.1 Å². The Morgan fingerprint density at radius 1 is 0.429 bits per heavy atom. The van der Waals surface area contributed by atoms with Gasteiger partial charge in [-0.1, -0.05) is 117 Å². The molecule has 0 radical (unpaired) electrons. The van der Waals surface area contributed by atoms with Gasteiger partial charge in [0.2, 0.25) is 0 Å². The second-order valence-corrected chi connectivity index (χ2v) is 11.3. The molecule has 2 aliphatic carbocycles. The molecule has 8 rings (SSSR count). The van der Waals surface area contributed by atoms with Crippen LogP contribution in [0.1, 0.15) is 22.3 Å². The van der Waals surface area contributed by atoms with E-state index >= 15 is 0 Å². The molecule has 0 fully saturated rings. The van der Waals surface area contributed by atoms with Gasteiger partial charge in [0.1, 0.15) is 0 Å². The highest BCUT2D eigenvalue weighted by Gasteiger charge is 2.52. The van der Waals surface area contributed by atoms with Gasteiger partial charge in [0, 0.05) is 8.95 Å². The second-order valence-electron chi connectivity index (χ2n) is 9.52. The summed E-state index contributed by atoms with van der Waals surface area (Å²) in [6.07, 6.45) is 0. The maximum absolute atomic E-state index is 3.82. The SMILES string of the molecule is Brc1ccc2c(c1)C1(c3ccccc3-c3ccccc31)c1c-2c2ccccc2c2cc(Br)ccc12. The molecule has 0 saturated carbocycles. The summed E-state index contributed by atoms with van der Waals surface area (Å²) in [5.41, 5.74) is 10.5. The first-order valence-electron chi connectivity index (χ1n) is 11.8. The Morgan fingerprint density at radius 2 is 1.03 bits per heavy atom. The van der Waals surface area contributed by atoms with Crippen LogP contribution in [0.3, 0.4) is 0 Å². The molecular formula is C33H18Br2. The van der Waals surface area contributed by atoms with E-state index in [0.29, 0.717) is 0 Å². The fraction of sp³-hybridized carbons (Fsp3) is 0.0303. The minimum atomic E-state index is -0.363. The first-order chi connectivity index (χ1) is 17.2. The van der Waals surface area contributed by atoms with Gasteiger partial charge in [-0.3, -0.25) is 0 Å². The van der Waals surface area contributed by atoms with Crippen LogP contribution in [-0.4, -0.2) is 0 Å². The molecule has 1 spiro atoms. The van der Waals surface area contributed by atoms with E-state index in [9.17, 15) is 0 Å². The number of hydrogen-bond donors (Lipinski definition) is 0. The van der Waals surface area contributed by atoms with Gasteiger partial charge in [-0.25, -0.2) is 0 Å². The fourth-order valence-corrected chi connectivity index (χ4v) is 7.53. The lowest BCUT2D eigenvalue weighted by Crippen LogP contribution is -2.26. The molecule has 2 aliphatic rings. The Bertz CT molecular complexity index is 1830.